The summed E-state index contributed by atoms with van der Waals surface area (Å²) in [6.45, 7) is 8.35. The summed E-state index contributed by atoms with van der Waals surface area (Å²) in [6.07, 6.45) is 0.738. The predicted molar refractivity (Wildman–Crippen MR) is 77.9 cm³/mol. The van der Waals surface area contributed by atoms with Gasteiger partial charge in [-0.05, 0) is 32.8 Å². The van der Waals surface area contributed by atoms with E-state index in [-0.39, 0.29) is 11.8 Å². The highest BCUT2D eigenvalue weighted by Gasteiger charge is 2.24. The van der Waals surface area contributed by atoms with E-state index in [1.807, 2.05) is 44.2 Å². The summed E-state index contributed by atoms with van der Waals surface area (Å²) in [5.74, 6) is 0.0400. The molecule has 0 saturated heterocycles. The standard InChI is InChI=1S/C16H25NO2/c1-5-17(12-16(3,4)19)15(18)13(2)11-14-9-7-6-8-10-14/h6-10,13,19H,5,11-12H2,1-4H3. The molecule has 0 heterocycles. The maximum absolute atomic E-state index is 12.4. The fraction of sp³-hybridized carbons (Fsp3) is 0.562. The molecule has 1 aromatic carbocycles. The Bertz CT molecular complexity index is 395. The summed E-state index contributed by atoms with van der Waals surface area (Å²) < 4.78 is 0. The molecule has 0 spiro atoms. The molecule has 0 bridgehead atoms. The summed E-state index contributed by atoms with van der Waals surface area (Å²) in [6, 6.07) is 10.0. The minimum absolute atomic E-state index is 0.0651. The van der Waals surface area contributed by atoms with E-state index in [0.29, 0.717) is 13.1 Å². The zero-order valence-corrected chi connectivity index (χ0v) is 12.4. The summed E-state index contributed by atoms with van der Waals surface area (Å²) in [4.78, 5) is 14.1. The highest BCUT2D eigenvalue weighted by Crippen LogP contribution is 2.13. The molecule has 1 atom stereocenters. The second kappa shape index (κ2) is 6.71. The lowest BCUT2D eigenvalue weighted by molar-refractivity contribution is -0.137. The first-order valence-corrected chi connectivity index (χ1v) is 6.88. The third kappa shape index (κ3) is 5.43. The molecule has 0 fully saturated rings. The van der Waals surface area contributed by atoms with Crippen LogP contribution in [0.15, 0.2) is 30.3 Å². The summed E-state index contributed by atoms with van der Waals surface area (Å²) >= 11 is 0. The third-order valence-corrected chi connectivity index (χ3v) is 3.08. The molecule has 0 saturated carbocycles. The van der Waals surface area contributed by atoms with Crippen molar-refractivity contribution in [3.63, 3.8) is 0 Å². The Hall–Kier alpha value is -1.35. The highest BCUT2D eigenvalue weighted by atomic mass is 16.3. The Morgan fingerprint density at radius 1 is 1.32 bits per heavy atom. The smallest absolute Gasteiger partial charge is 0.225 e. The van der Waals surface area contributed by atoms with Crippen molar-refractivity contribution in [3.8, 4) is 0 Å². The fourth-order valence-corrected chi connectivity index (χ4v) is 2.18. The first-order valence-electron chi connectivity index (χ1n) is 6.88. The van der Waals surface area contributed by atoms with Crippen LogP contribution in [0.5, 0.6) is 0 Å². The minimum atomic E-state index is -0.849. The van der Waals surface area contributed by atoms with Crippen LogP contribution in [0, 0.1) is 5.92 Å². The molecule has 0 aliphatic carbocycles. The van der Waals surface area contributed by atoms with Gasteiger partial charge in [0, 0.05) is 19.0 Å². The Morgan fingerprint density at radius 3 is 2.37 bits per heavy atom. The van der Waals surface area contributed by atoms with Crippen molar-refractivity contribution in [2.75, 3.05) is 13.1 Å². The Labute approximate surface area is 116 Å². The largest absolute Gasteiger partial charge is 0.389 e. The Morgan fingerprint density at radius 2 is 1.89 bits per heavy atom. The number of rotatable bonds is 6. The molecule has 0 aliphatic rings. The van der Waals surface area contributed by atoms with Gasteiger partial charge in [0.15, 0.2) is 0 Å². The van der Waals surface area contributed by atoms with Crippen molar-refractivity contribution in [2.24, 2.45) is 5.92 Å². The molecule has 3 nitrogen and oxygen atoms in total. The number of benzene rings is 1. The molecule has 1 N–H and O–H groups in total. The van der Waals surface area contributed by atoms with Crippen LogP contribution in [0.25, 0.3) is 0 Å². The lowest BCUT2D eigenvalue weighted by atomic mass is 9.99. The first kappa shape index (κ1) is 15.7. The quantitative estimate of drug-likeness (QED) is 0.856. The van der Waals surface area contributed by atoms with Crippen molar-refractivity contribution in [2.45, 2.75) is 39.7 Å². The van der Waals surface area contributed by atoms with Gasteiger partial charge in [-0.25, -0.2) is 0 Å². The zero-order chi connectivity index (χ0) is 14.5. The summed E-state index contributed by atoms with van der Waals surface area (Å²) in [5, 5.41) is 9.85. The van der Waals surface area contributed by atoms with E-state index in [0.717, 1.165) is 6.42 Å². The predicted octanol–water partition coefficient (Wildman–Crippen LogP) is 2.48. The van der Waals surface area contributed by atoms with Crippen LogP contribution in [0.2, 0.25) is 0 Å². The van der Waals surface area contributed by atoms with Crippen LogP contribution < -0.4 is 0 Å². The van der Waals surface area contributed by atoms with Crippen molar-refractivity contribution in [1.29, 1.82) is 0 Å². The van der Waals surface area contributed by atoms with Crippen LogP contribution in [0.4, 0.5) is 0 Å². The SMILES string of the molecule is CCN(CC(C)(C)O)C(=O)C(C)Cc1ccccc1. The number of nitrogens with zero attached hydrogens (tertiary/aromatic N) is 1. The molecular formula is C16H25NO2. The molecule has 106 valence electrons. The van der Waals surface area contributed by atoms with Crippen LogP contribution in [-0.4, -0.2) is 34.6 Å². The molecule has 1 unspecified atom stereocenters. The number of amides is 1. The molecule has 0 aromatic heterocycles. The van der Waals surface area contributed by atoms with Crippen molar-refractivity contribution in [3.05, 3.63) is 35.9 Å². The van der Waals surface area contributed by atoms with Gasteiger partial charge in [0.05, 0.1) is 5.60 Å². The van der Waals surface area contributed by atoms with E-state index in [4.69, 9.17) is 0 Å². The van der Waals surface area contributed by atoms with E-state index in [1.54, 1.807) is 18.7 Å². The van der Waals surface area contributed by atoms with Crippen LogP contribution in [0.1, 0.15) is 33.3 Å². The van der Waals surface area contributed by atoms with Gasteiger partial charge in [0.1, 0.15) is 0 Å². The lowest BCUT2D eigenvalue weighted by Crippen LogP contribution is -2.44. The van der Waals surface area contributed by atoms with E-state index < -0.39 is 5.60 Å². The lowest BCUT2D eigenvalue weighted by Gasteiger charge is -2.30. The minimum Gasteiger partial charge on any atom is -0.389 e. The van der Waals surface area contributed by atoms with Gasteiger partial charge < -0.3 is 10.0 Å². The fourth-order valence-electron chi connectivity index (χ4n) is 2.18. The second-order valence-corrected chi connectivity index (χ2v) is 5.76. The van der Waals surface area contributed by atoms with Gasteiger partial charge >= 0.3 is 0 Å². The Kier molecular flexibility index (Phi) is 5.55. The van der Waals surface area contributed by atoms with Crippen molar-refractivity contribution >= 4 is 5.91 Å². The van der Waals surface area contributed by atoms with Crippen molar-refractivity contribution < 1.29 is 9.90 Å². The first-order chi connectivity index (χ1) is 8.83. The second-order valence-electron chi connectivity index (χ2n) is 5.76. The number of hydrogen-bond donors (Lipinski definition) is 1. The van der Waals surface area contributed by atoms with Gasteiger partial charge in [-0.2, -0.15) is 0 Å². The molecule has 19 heavy (non-hydrogen) atoms. The zero-order valence-electron chi connectivity index (χ0n) is 12.4. The van der Waals surface area contributed by atoms with Crippen LogP contribution >= 0.6 is 0 Å². The summed E-state index contributed by atoms with van der Waals surface area (Å²) in [7, 11) is 0. The monoisotopic (exact) mass is 263 g/mol. The average molecular weight is 263 g/mol. The molecule has 0 radical (unpaired) electrons. The molecule has 1 aromatic rings. The number of carbonyl (C=O) groups is 1. The number of carbonyl (C=O) groups excluding carboxylic acids is 1. The molecule has 0 aliphatic heterocycles. The number of likely N-dealkylation sites (N-methyl/N-ethyl adjacent to an activating group) is 1. The van der Waals surface area contributed by atoms with Gasteiger partial charge in [-0.1, -0.05) is 37.3 Å². The number of hydrogen-bond acceptors (Lipinski definition) is 2. The molecule has 1 rings (SSSR count). The van der Waals surface area contributed by atoms with Crippen LogP contribution in [-0.2, 0) is 11.2 Å². The van der Waals surface area contributed by atoms with E-state index in [1.165, 1.54) is 5.56 Å². The van der Waals surface area contributed by atoms with Crippen LogP contribution in [0.3, 0.4) is 0 Å². The third-order valence-electron chi connectivity index (χ3n) is 3.08. The Balaban J connectivity index is 2.64. The van der Waals surface area contributed by atoms with Gasteiger partial charge in [0.25, 0.3) is 0 Å². The van der Waals surface area contributed by atoms with E-state index >= 15 is 0 Å². The molecule has 1 amide bonds. The molecule has 3 heteroatoms. The maximum atomic E-state index is 12.4. The summed E-state index contributed by atoms with van der Waals surface area (Å²) in [5.41, 5.74) is 0.320. The molecular weight excluding hydrogens is 238 g/mol. The normalized spacial score (nSPS) is 13.1. The van der Waals surface area contributed by atoms with Crippen molar-refractivity contribution in [1.82, 2.24) is 4.90 Å². The topological polar surface area (TPSA) is 40.5 Å². The highest BCUT2D eigenvalue weighted by molar-refractivity contribution is 5.78. The van der Waals surface area contributed by atoms with Gasteiger partial charge in [0.2, 0.25) is 5.91 Å². The van der Waals surface area contributed by atoms with Gasteiger partial charge in [-0.15, -0.1) is 0 Å². The average Bonchev–Trinajstić information content (AvgIpc) is 2.35. The maximum Gasteiger partial charge on any atom is 0.225 e. The number of aliphatic hydroxyl groups is 1. The van der Waals surface area contributed by atoms with E-state index in [9.17, 15) is 9.90 Å². The van der Waals surface area contributed by atoms with Gasteiger partial charge in [-0.3, -0.25) is 4.79 Å². The van der Waals surface area contributed by atoms with E-state index in [2.05, 4.69) is 0 Å².